The van der Waals surface area contributed by atoms with Crippen LogP contribution in [-0.2, 0) is 21.9 Å². The van der Waals surface area contributed by atoms with Crippen LogP contribution in [0, 0.1) is 31.6 Å². The summed E-state index contributed by atoms with van der Waals surface area (Å²) in [6.07, 6.45) is -8.56. The number of phenolic OH excluding ortho intramolecular Hbond substituents is 1. The topological polar surface area (TPSA) is 131 Å². The van der Waals surface area contributed by atoms with Gasteiger partial charge in [-0.3, -0.25) is 14.6 Å². The van der Waals surface area contributed by atoms with Gasteiger partial charge < -0.3 is 20.4 Å². The molecule has 266 valence electrons. The number of aromatic nitrogens is 1. The van der Waals surface area contributed by atoms with Crippen LogP contribution in [0.15, 0.2) is 65.9 Å². The third kappa shape index (κ3) is 7.18. The number of aromatic hydroxyl groups is 1. The molecule has 4 N–H and O–H groups in total. The normalized spacial score (nSPS) is 20.8. The fraction of sp³-hybridized carbons (Fsp3) is 0.361. The van der Waals surface area contributed by atoms with Gasteiger partial charge in [0.15, 0.2) is 0 Å². The van der Waals surface area contributed by atoms with Crippen LogP contribution in [0.2, 0.25) is 0 Å². The molecule has 4 atom stereocenters. The Morgan fingerprint density at radius 3 is 2.10 bits per heavy atom. The van der Waals surface area contributed by atoms with E-state index in [9.17, 15) is 56.4 Å². The van der Waals surface area contributed by atoms with E-state index in [-0.39, 0.29) is 59.3 Å². The third-order valence-electron chi connectivity index (χ3n) is 9.30. The fourth-order valence-electron chi connectivity index (χ4n) is 6.98. The summed E-state index contributed by atoms with van der Waals surface area (Å²) in [7, 11) is 0. The molecule has 0 bridgehead atoms. The number of halogens is 6. The van der Waals surface area contributed by atoms with E-state index in [4.69, 9.17) is 0 Å². The fourth-order valence-corrected chi connectivity index (χ4v) is 6.98. The number of imide groups is 1. The standard InChI is InChI=1S/C36H34F6N2O6/c1-18-9-20(10-19(2)32(18)48)11-21(28-5-3-4-8-43-28)6-7-29(47)30-22(16-45)12-26-31(27(30)17-46)34(50)44(33(26)49)25-14-23(35(37,38)39)13-24(15-25)36(40,41)42/h3-5,8-11,13-15,26-27,29,31,45-48H,6-7,12,16-17H2,1-2H3/b21-11-/t26-,27+,29-,31-/m1/s1. The van der Waals surface area contributed by atoms with Gasteiger partial charge in [0.1, 0.15) is 5.75 Å². The van der Waals surface area contributed by atoms with Gasteiger partial charge in [-0.1, -0.05) is 6.07 Å². The molecule has 3 aromatic rings. The zero-order valence-electron chi connectivity index (χ0n) is 26.9. The molecule has 0 radical (unpaired) electrons. The maximum absolute atomic E-state index is 13.8. The summed E-state index contributed by atoms with van der Waals surface area (Å²) < 4.78 is 81.7. The molecule has 50 heavy (non-hydrogen) atoms. The molecule has 0 saturated carbocycles. The van der Waals surface area contributed by atoms with E-state index < -0.39 is 78.1 Å². The second kappa shape index (κ2) is 14.0. The van der Waals surface area contributed by atoms with Gasteiger partial charge in [0.05, 0.1) is 53.7 Å². The average molecular weight is 705 g/mol. The number of nitrogens with zero attached hydrogens (tertiary/aromatic N) is 2. The Bertz CT molecular complexity index is 1800. The predicted octanol–water partition coefficient (Wildman–Crippen LogP) is 6.23. The molecule has 1 fully saturated rings. The lowest BCUT2D eigenvalue weighted by molar-refractivity contribution is -0.143. The van der Waals surface area contributed by atoms with Crippen molar-refractivity contribution in [3.63, 3.8) is 0 Å². The summed E-state index contributed by atoms with van der Waals surface area (Å²) in [5.41, 5.74) is -0.854. The Kier molecular flexibility index (Phi) is 10.3. The van der Waals surface area contributed by atoms with Crippen molar-refractivity contribution >= 4 is 29.2 Å². The van der Waals surface area contributed by atoms with E-state index in [1.165, 1.54) is 0 Å². The summed E-state index contributed by atoms with van der Waals surface area (Å²) in [4.78, 5) is 32.0. The predicted molar refractivity (Wildman–Crippen MR) is 170 cm³/mol. The lowest BCUT2D eigenvalue weighted by atomic mass is 9.68. The highest BCUT2D eigenvalue weighted by atomic mass is 19.4. The van der Waals surface area contributed by atoms with Crippen molar-refractivity contribution in [2.24, 2.45) is 17.8 Å². The molecular weight excluding hydrogens is 670 g/mol. The van der Waals surface area contributed by atoms with Crippen molar-refractivity contribution in [1.29, 1.82) is 0 Å². The minimum Gasteiger partial charge on any atom is -0.507 e. The number of aliphatic hydroxyl groups excluding tert-OH is 3. The Hall–Kier alpha value is -4.53. The highest BCUT2D eigenvalue weighted by Crippen LogP contribution is 2.48. The van der Waals surface area contributed by atoms with Crippen molar-refractivity contribution in [2.75, 3.05) is 18.1 Å². The highest BCUT2D eigenvalue weighted by Gasteiger charge is 2.55. The van der Waals surface area contributed by atoms with E-state index in [1.54, 1.807) is 50.4 Å². The number of aliphatic hydroxyl groups is 3. The molecule has 5 rings (SSSR count). The molecule has 1 aliphatic carbocycles. The van der Waals surface area contributed by atoms with Crippen molar-refractivity contribution in [1.82, 2.24) is 4.98 Å². The lowest BCUT2D eigenvalue weighted by Gasteiger charge is -2.36. The number of amides is 2. The molecule has 0 unspecified atom stereocenters. The van der Waals surface area contributed by atoms with Crippen LogP contribution in [0.25, 0.3) is 11.6 Å². The number of rotatable bonds is 9. The Morgan fingerprint density at radius 1 is 0.960 bits per heavy atom. The van der Waals surface area contributed by atoms with E-state index in [1.807, 2.05) is 6.08 Å². The molecule has 14 heteroatoms. The lowest BCUT2D eigenvalue weighted by Crippen LogP contribution is -2.39. The first-order valence-electron chi connectivity index (χ1n) is 15.7. The first-order chi connectivity index (χ1) is 23.5. The van der Waals surface area contributed by atoms with Crippen LogP contribution >= 0.6 is 0 Å². The minimum absolute atomic E-state index is 0.0143. The van der Waals surface area contributed by atoms with Crippen molar-refractivity contribution in [3.8, 4) is 5.75 Å². The average Bonchev–Trinajstić information content (AvgIpc) is 3.32. The molecule has 2 amide bonds. The number of anilines is 1. The van der Waals surface area contributed by atoms with Gasteiger partial charge in [-0.2, -0.15) is 26.3 Å². The van der Waals surface area contributed by atoms with Gasteiger partial charge in [-0.25, -0.2) is 4.90 Å². The molecule has 2 aromatic carbocycles. The monoisotopic (exact) mass is 704 g/mol. The number of pyridine rings is 1. The molecule has 0 spiro atoms. The molecule has 8 nitrogen and oxygen atoms in total. The van der Waals surface area contributed by atoms with Crippen molar-refractivity contribution in [3.05, 3.63) is 99.4 Å². The molecule has 1 aliphatic heterocycles. The summed E-state index contributed by atoms with van der Waals surface area (Å²) >= 11 is 0. The molecule has 2 aliphatic rings. The van der Waals surface area contributed by atoms with Crippen LogP contribution in [0.3, 0.4) is 0 Å². The number of phenols is 1. The van der Waals surface area contributed by atoms with E-state index in [0.717, 1.165) is 5.56 Å². The van der Waals surface area contributed by atoms with Gasteiger partial charge in [-0.05, 0) is 115 Å². The Balaban J connectivity index is 1.48. The van der Waals surface area contributed by atoms with Crippen LogP contribution in [-0.4, -0.2) is 56.5 Å². The number of carbonyl (C=O) groups is 2. The number of alkyl halides is 6. The number of aryl methyl sites for hydroxylation is 2. The molecule has 1 aromatic heterocycles. The number of carbonyl (C=O) groups excluding carboxylic acids is 2. The van der Waals surface area contributed by atoms with Gasteiger partial charge in [0, 0.05) is 12.1 Å². The Labute approximate surface area is 283 Å². The van der Waals surface area contributed by atoms with E-state index in [0.29, 0.717) is 22.4 Å². The first kappa shape index (κ1) is 36.7. The van der Waals surface area contributed by atoms with E-state index >= 15 is 0 Å². The van der Waals surface area contributed by atoms with Crippen LogP contribution < -0.4 is 4.90 Å². The summed E-state index contributed by atoms with van der Waals surface area (Å²) in [5, 5.41) is 42.6. The zero-order chi connectivity index (χ0) is 36.7. The van der Waals surface area contributed by atoms with Crippen molar-refractivity contribution < 1.29 is 56.4 Å². The molecule has 1 saturated heterocycles. The maximum Gasteiger partial charge on any atom is 0.416 e. The second-order valence-electron chi connectivity index (χ2n) is 12.6. The number of hydrogen-bond donors (Lipinski definition) is 4. The number of fused-ring (bicyclic) bond motifs is 1. The van der Waals surface area contributed by atoms with Gasteiger partial charge in [0.25, 0.3) is 0 Å². The number of allylic oxidation sites excluding steroid dienone is 1. The van der Waals surface area contributed by atoms with Crippen LogP contribution in [0.5, 0.6) is 5.75 Å². The largest absolute Gasteiger partial charge is 0.507 e. The summed E-state index contributed by atoms with van der Waals surface area (Å²) in [5.74, 6) is -6.06. The maximum atomic E-state index is 13.8. The van der Waals surface area contributed by atoms with Crippen LogP contribution in [0.4, 0.5) is 32.0 Å². The number of benzene rings is 2. The summed E-state index contributed by atoms with van der Waals surface area (Å²) in [6.45, 7) is 1.99. The van der Waals surface area contributed by atoms with Crippen molar-refractivity contribution in [2.45, 2.75) is 51.6 Å². The SMILES string of the molecule is Cc1cc(/C=C(/CC[C@@H](O)C2=C(CO)C[C@H]3C(=O)N(c4cc(C(F)(F)F)cc(C(F)(F)F)c4)C(=O)[C@H]3[C@H]2CO)c2ccccn2)cc(C)c1O. The number of hydrogen-bond acceptors (Lipinski definition) is 7. The van der Waals surface area contributed by atoms with Crippen LogP contribution in [0.1, 0.15) is 52.8 Å². The molecule has 2 heterocycles. The summed E-state index contributed by atoms with van der Waals surface area (Å²) in [6, 6.07) is 9.25. The smallest absolute Gasteiger partial charge is 0.416 e. The second-order valence-corrected chi connectivity index (χ2v) is 12.6. The third-order valence-corrected chi connectivity index (χ3v) is 9.30. The van der Waals surface area contributed by atoms with Gasteiger partial charge >= 0.3 is 12.4 Å². The quantitative estimate of drug-likeness (QED) is 0.118. The van der Waals surface area contributed by atoms with E-state index in [2.05, 4.69) is 4.98 Å². The zero-order valence-corrected chi connectivity index (χ0v) is 26.9. The molecular formula is C36H34F6N2O6. The Morgan fingerprint density at radius 2 is 1.58 bits per heavy atom. The highest BCUT2D eigenvalue weighted by molar-refractivity contribution is 6.22. The van der Waals surface area contributed by atoms with Gasteiger partial charge in [-0.15, -0.1) is 0 Å². The first-order valence-corrected chi connectivity index (χ1v) is 15.7. The van der Waals surface area contributed by atoms with Gasteiger partial charge in [0.2, 0.25) is 11.8 Å². The minimum atomic E-state index is -5.23.